The van der Waals surface area contributed by atoms with E-state index in [1.165, 1.54) is 52.1 Å². The van der Waals surface area contributed by atoms with Crippen LogP contribution in [0.4, 0.5) is 0 Å². The zero-order valence-corrected chi connectivity index (χ0v) is 21.7. The Labute approximate surface area is 209 Å². The Morgan fingerprint density at radius 2 is 1.69 bits per heavy atom. The van der Waals surface area contributed by atoms with Gasteiger partial charge >= 0.3 is 0 Å². The number of aromatic nitrogens is 1. The van der Waals surface area contributed by atoms with Gasteiger partial charge in [-0.2, -0.15) is 9.30 Å². The molecule has 1 amide bonds. The fourth-order valence-electron chi connectivity index (χ4n) is 3.55. The molecule has 0 unspecified atom stereocenters. The molecule has 8 nitrogen and oxygen atoms in total. The molecule has 0 aliphatic carbocycles. The van der Waals surface area contributed by atoms with Crippen molar-refractivity contribution >= 4 is 37.5 Å². The molecule has 1 heterocycles. The number of benzene rings is 2. The highest BCUT2D eigenvalue weighted by Crippen LogP contribution is 2.33. The van der Waals surface area contributed by atoms with Crippen LogP contribution in [0.25, 0.3) is 10.2 Å². The maximum atomic E-state index is 13.0. The molecule has 0 fully saturated rings. The third-order valence-electron chi connectivity index (χ3n) is 5.24. The van der Waals surface area contributed by atoms with Crippen molar-refractivity contribution in [1.29, 1.82) is 0 Å². The Balaban J connectivity index is 2.00. The van der Waals surface area contributed by atoms with Crippen molar-refractivity contribution in [2.75, 3.05) is 27.3 Å². The molecule has 0 saturated heterocycles. The van der Waals surface area contributed by atoms with Gasteiger partial charge in [-0.1, -0.05) is 30.4 Å². The lowest BCUT2D eigenvalue weighted by Crippen LogP contribution is -2.31. The van der Waals surface area contributed by atoms with Crippen LogP contribution in [0.3, 0.4) is 0 Å². The number of ether oxygens (including phenoxy) is 2. The molecule has 0 radical (unpaired) electrons. The van der Waals surface area contributed by atoms with Crippen LogP contribution in [0.2, 0.25) is 0 Å². The average Bonchev–Trinajstić information content (AvgIpc) is 3.18. The molecular formula is C25H29N3O5S2. The van der Waals surface area contributed by atoms with Crippen molar-refractivity contribution in [2.45, 2.75) is 24.8 Å². The van der Waals surface area contributed by atoms with Crippen molar-refractivity contribution < 1.29 is 22.7 Å². The lowest BCUT2D eigenvalue weighted by Gasteiger charge is -2.19. The van der Waals surface area contributed by atoms with Crippen LogP contribution in [0, 0.1) is 0 Å². The summed E-state index contributed by atoms with van der Waals surface area (Å²) in [6.45, 7) is 10.2. The minimum absolute atomic E-state index is 0.0832. The van der Waals surface area contributed by atoms with E-state index in [1.54, 1.807) is 14.2 Å². The van der Waals surface area contributed by atoms with Crippen molar-refractivity contribution in [2.24, 2.45) is 4.99 Å². The molecule has 1 aromatic heterocycles. The molecule has 186 valence electrons. The summed E-state index contributed by atoms with van der Waals surface area (Å²) in [7, 11) is -0.598. The Hall–Kier alpha value is -3.21. The first-order valence-electron chi connectivity index (χ1n) is 11.0. The topological polar surface area (TPSA) is 90.2 Å². The highest BCUT2D eigenvalue weighted by Gasteiger charge is 2.22. The molecule has 0 aliphatic rings. The predicted octanol–water partition coefficient (Wildman–Crippen LogP) is 4.23. The van der Waals surface area contributed by atoms with Gasteiger partial charge in [0.15, 0.2) is 16.3 Å². The fraction of sp³-hybridized carbons (Fsp3) is 0.280. The normalized spacial score (nSPS) is 12.2. The first-order valence-corrected chi connectivity index (χ1v) is 13.2. The van der Waals surface area contributed by atoms with Crippen LogP contribution in [0.5, 0.6) is 11.5 Å². The summed E-state index contributed by atoms with van der Waals surface area (Å²) in [5.41, 5.74) is 1.19. The van der Waals surface area contributed by atoms with Gasteiger partial charge in [0.2, 0.25) is 10.0 Å². The maximum absolute atomic E-state index is 13.0. The zero-order valence-electron chi connectivity index (χ0n) is 20.1. The molecule has 10 heteroatoms. The lowest BCUT2D eigenvalue weighted by atomic mass is 10.2. The van der Waals surface area contributed by atoms with E-state index < -0.39 is 15.9 Å². The highest BCUT2D eigenvalue weighted by molar-refractivity contribution is 7.89. The van der Waals surface area contributed by atoms with Gasteiger partial charge in [0, 0.05) is 37.3 Å². The molecule has 35 heavy (non-hydrogen) atoms. The van der Waals surface area contributed by atoms with Crippen molar-refractivity contribution in [3.63, 3.8) is 0 Å². The molecule has 0 saturated carbocycles. The SMILES string of the molecule is C=CCN(CC=C)S(=O)(=O)c1ccc(C(=O)N=c2sc3cc(OC)c(OC)cc3n2CCC)cc1. The second-order valence-electron chi connectivity index (χ2n) is 7.55. The molecule has 0 aliphatic heterocycles. The van der Waals surface area contributed by atoms with E-state index in [2.05, 4.69) is 18.2 Å². The van der Waals surface area contributed by atoms with Gasteiger partial charge in [-0.05, 0) is 30.7 Å². The van der Waals surface area contributed by atoms with Crippen molar-refractivity contribution in [3.8, 4) is 11.5 Å². The summed E-state index contributed by atoms with van der Waals surface area (Å²) in [6.07, 6.45) is 3.87. The minimum atomic E-state index is -3.75. The van der Waals surface area contributed by atoms with Crippen molar-refractivity contribution in [3.05, 3.63) is 72.1 Å². The van der Waals surface area contributed by atoms with Crippen LogP contribution in [-0.2, 0) is 16.6 Å². The van der Waals surface area contributed by atoms with Gasteiger partial charge in [0.1, 0.15) is 0 Å². The molecular weight excluding hydrogens is 486 g/mol. The number of aryl methyl sites for hydroxylation is 1. The third-order valence-corrected chi connectivity index (χ3v) is 8.12. The molecule has 3 rings (SSSR count). The number of thiazole rings is 1. The minimum Gasteiger partial charge on any atom is -0.493 e. The lowest BCUT2D eigenvalue weighted by molar-refractivity contribution is 0.0997. The summed E-state index contributed by atoms with van der Waals surface area (Å²) in [5, 5.41) is 0. The largest absolute Gasteiger partial charge is 0.493 e. The smallest absolute Gasteiger partial charge is 0.279 e. The van der Waals surface area contributed by atoms with E-state index in [0.29, 0.717) is 28.4 Å². The maximum Gasteiger partial charge on any atom is 0.279 e. The quantitative estimate of drug-likeness (QED) is 0.357. The van der Waals surface area contributed by atoms with Gasteiger partial charge in [0.05, 0.1) is 29.3 Å². The number of hydrogen-bond donors (Lipinski definition) is 0. The molecule has 0 N–H and O–H groups in total. The molecule has 0 bridgehead atoms. The number of methoxy groups -OCH3 is 2. The first kappa shape index (κ1) is 26.4. The number of sulfonamides is 1. The Morgan fingerprint density at radius 3 is 2.23 bits per heavy atom. The van der Waals surface area contributed by atoms with E-state index >= 15 is 0 Å². The number of carbonyl (C=O) groups excluding carboxylic acids is 1. The summed E-state index contributed by atoms with van der Waals surface area (Å²) in [5.74, 6) is 0.735. The zero-order chi connectivity index (χ0) is 25.6. The number of hydrogen-bond acceptors (Lipinski definition) is 6. The molecule has 0 spiro atoms. The molecule has 3 aromatic rings. The van der Waals surface area contributed by atoms with Gasteiger partial charge in [-0.25, -0.2) is 8.42 Å². The van der Waals surface area contributed by atoms with E-state index in [1.807, 2.05) is 23.6 Å². The van der Waals surface area contributed by atoms with Gasteiger partial charge < -0.3 is 14.0 Å². The summed E-state index contributed by atoms with van der Waals surface area (Å²) >= 11 is 1.38. The van der Waals surface area contributed by atoms with Crippen molar-refractivity contribution in [1.82, 2.24) is 8.87 Å². The van der Waals surface area contributed by atoms with Crippen LogP contribution in [0.1, 0.15) is 23.7 Å². The van der Waals surface area contributed by atoms with E-state index in [9.17, 15) is 13.2 Å². The number of amides is 1. The Bertz CT molecular complexity index is 1390. The second kappa shape index (κ2) is 11.5. The fourth-order valence-corrected chi connectivity index (χ4v) is 6.00. The Morgan fingerprint density at radius 1 is 1.09 bits per heavy atom. The monoisotopic (exact) mass is 515 g/mol. The second-order valence-corrected chi connectivity index (χ2v) is 10.5. The number of nitrogens with zero attached hydrogens (tertiary/aromatic N) is 3. The van der Waals surface area contributed by atoms with Crippen LogP contribution < -0.4 is 14.3 Å². The standard InChI is InChI=1S/C25H29N3O5S2/c1-6-13-27(14-7-2)35(30,31)19-11-9-18(10-12-19)24(29)26-25-28(15-8-3)20-16-21(32-4)22(33-5)17-23(20)34-25/h6-7,9-12,16-17H,1-2,8,13-15H2,3-5H3. The number of fused-ring (bicyclic) bond motifs is 1. The third kappa shape index (κ3) is 5.55. The van der Waals surface area contributed by atoms with Crippen LogP contribution in [-0.4, -0.2) is 50.5 Å². The number of carbonyl (C=O) groups is 1. The van der Waals surface area contributed by atoms with Gasteiger partial charge in [0.25, 0.3) is 5.91 Å². The van der Waals surface area contributed by atoms with Crippen LogP contribution in [0.15, 0.2) is 71.6 Å². The summed E-state index contributed by atoms with van der Waals surface area (Å²) in [6, 6.07) is 9.52. The van der Waals surface area contributed by atoms with Gasteiger partial charge in [-0.15, -0.1) is 13.2 Å². The first-order chi connectivity index (χ1) is 16.8. The molecule has 0 atom stereocenters. The summed E-state index contributed by atoms with van der Waals surface area (Å²) < 4.78 is 40.8. The Kier molecular flexibility index (Phi) is 8.66. The highest BCUT2D eigenvalue weighted by atomic mass is 32.2. The van der Waals surface area contributed by atoms with Crippen LogP contribution >= 0.6 is 11.3 Å². The molecule has 2 aromatic carbocycles. The number of rotatable bonds is 11. The summed E-state index contributed by atoms with van der Waals surface area (Å²) in [4.78, 5) is 18.0. The predicted molar refractivity (Wildman–Crippen MR) is 139 cm³/mol. The average molecular weight is 516 g/mol. The van der Waals surface area contributed by atoms with Gasteiger partial charge in [-0.3, -0.25) is 4.79 Å². The van der Waals surface area contributed by atoms with E-state index in [-0.39, 0.29) is 18.0 Å². The van der Waals surface area contributed by atoms with E-state index in [4.69, 9.17) is 9.47 Å². The van der Waals surface area contributed by atoms with E-state index in [0.717, 1.165) is 16.6 Å².